The van der Waals surface area contributed by atoms with Crippen LogP contribution in [0.1, 0.15) is 15.9 Å². The molecule has 4 heteroatoms. The molecule has 0 spiro atoms. The highest BCUT2D eigenvalue weighted by Crippen LogP contribution is 2.02. The van der Waals surface area contributed by atoms with Crippen molar-refractivity contribution in [3.8, 4) is 0 Å². The van der Waals surface area contributed by atoms with Crippen LogP contribution in [0.4, 0.5) is 0 Å². The van der Waals surface area contributed by atoms with E-state index in [1.54, 1.807) is 13.1 Å². The van der Waals surface area contributed by atoms with Gasteiger partial charge in [-0.1, -0.05) is 17.7 Å². The molecule has 0 aliphatic heterocycles. The van der Waals surface area contributed by atoms with Crippen molar-refractivity contribution < 1.29 is 4.79 Å². The molecule has 13 heavy (non-hydrogen) atoms. The molecule has 0 saturated heterocycles. The smallest absolute Gasteiger partial charge is 0.265 e. The molecule has 72 valence electrons. The molecule has 0 bridgehead atoms. The second-order valence-corrected chi connectivity index (χ2v) is 2.57. The van der Waals surface area contributed by atoms with E-state index >= 15 is 0 Å². The quantitative estimate of drug-likeness (QED) is 0.707. The van der Waals surface area contributed by atoms with Gasteiger partial charge in [-0.05, 0) is 19.1 Å². The van der Waals surface area contributed by atoms with Gasteiger partial charge in [0.1, 0.15) is 0 Å². The maximum atomic E-state index is 11.2. The first-order valence-electron chi connectivity index (χ1n) is 3.78. The van der Waals surface area contributed by atoms with Gasteiger partial charge in [0.2, 0.25) is 0 Å². The van der Waals surface area contributed by atoms with Crippen molar-refractivity contribution in [2.45, 2.75) is 6.92 Å². The second kappa shape index (κ2) is 5.56. The van der Waals surface area contributed by atoms with Crippen LogP contribution in [0.15, 0.2) is 24.3 Å². The van der Waals surface area contributed by atoms with Gasteiger partial charge < -0.3 is 0 Å². The minimum absolute atomic E-state index is 0. The van der Waals surface area contributed by atoms with Gasteiger partial charge in [0.25, 0.3) is 5.91 Å². The topological polar surface area (TPSA) is 41.1 Å². The molecule has 1 amide bonds. The number of hydrogen-bond acceptors (Lipinski definition) is 2. The Labute approximate surface area is 83.9 Å². The summed E-state index contributed by atoms with van der Waals surface area (Å²) in [5.41, 5.74) is 6.84. The normalized spacial score (nSPS) is 8.77. The fourth-order valence-corrected chi connectivity index (χ4v) is 0.972. The van der Waals surface area contributed by atoms with E-state index in [9.17, 15) is 4.79 Å². The SMILES string of the molecule is CNNC(=O)c1cccc(C)c1.Cl. The van der Waals surface area contributed by atoms with Gasteiger partial charge in [0.15, 0.2) is 0 Å². The zero-order valence-electron chi connectivity index (χ0n) is 7.63. The van der Waals surface area contributed by atoms with E-state index in [2.05, 4.69) is 10.9 Å². The summed E-state index contributed by atoms with van der Waals surface area (Å²) in [7, 11) is 1.66. The Morgan fingerprint density at radius 1 is 1.38 bits per heavy atom. The van der Waals surface area contributed by atoms with Gasteiger partial charge in [0.05, 0.1) is 0 Å². The Morgan fingerprint density at radius 3 is 2.62 bits per heavy atom. The molecule has 2 N–H and O–H groups in total. The average Bonchev–Trinajstić information content (AvgIpc) is 2.05. The maximum absolute atomic E-state index is 11.2. The summed E-state index contributed by atoms with van der Waals surface area (Å²) in [5.74, 6) is -0.110. The lowest BCUT2D eigenvalue weighted by Gasteiger charge is -2.02. The molecule has 3 nitrogen and oxygen atoms in total. The number of nitrogens with one attached hydrogen (secondary N) is 2. The standard InChI is InChI=1S/C9H12N2O.ClH/c1-7-4-3-5-8(6-7)9(12)11-10-2;/h3-6,10H,1-2H3,(H,11,12);1H. The average molecular weight is 201 g/mol. The summed E-state index contributed by atoms with van der Waals surface area (Å²) in [5, 5.41) is 0. The van der Waals surface area contributed by atoms with Gasteiger partial charge in [-0.2, -0.15) is 0 Å². The molecule has 1 rings (SSSR count). The van der Waals surface area contributed by atoms with Crippen LogP contribution >= 0.6 is 12.4 Å². The molecule has 0 radical (unpaired) electrons. The van der Waals surface area contributed by atoms with Gasteiger partial charge >= 0.3 is 0 Å². The molecule has 0 aliphatic carbocycles. The van der Waals surface area contributed by atoms with Crippen molar-refractivity contribution in [2.75, 3.05) is 7.05 Å². The third-order valence-corrected chi connectivity index (χ3v) is 1.52. The third kappa shape index (κ3) is 3.44. The highest BCUT2D eigenvalue weighted by molar-refractivity contribution is 5.93. The van der Waals surface area contributed by atoms with Crippen LogP contribution in [0.2, 0.25) is 0 Å². The Morgan fingerprint density at radius 2 is 2.08 bits per heavy atom. The fourth-order valence-electron chi connectivity index (χ4n) is 0.972. The molecule has 1 aromatic rings. The summed E-state index contributed by atoms with van der Waals surface area (Å²) in [6.07, 6.45) is 0. The molecular formula is C9H13ClN2O. The van der Waals surface area contributed by atoms with Crippen LogP contribution in [0.25, 0.3) is 0 Å². The fraction of sp³-hybridized carbons (Fsp3) is 0.222. The first-order chi connectivity index (χ1) is 5.74. The molecule has 1 aromatic carbocycles. The number of aryl methyl sites for hydroxylation is 1. The molecule has 0 saturated carbocycles. The minimum Gasteiger partial charge on any atom is -0.288 e. The van der Waals surface area contributed by atoms with Crippen molar-refractivity contribution in [3.63, 3.8) is 0 Å². The molecule has 0 heterocycles. The Kier molecular flexibility index (Phi) is 5.11. The van der Waals surface area contributed by atoms with Crippen molar-refractivity contribution in [1.82, 2.24) is 10.9 Å². The van der Waals surface area contributed by atoms with Crippen LogP contribution in [0.3, 0.4) is 0 Å². The summed E-state index contributed by atoms with van der Waals surface area (Å²) < 4.78 is 0. The number of halogens is 1. The van der Waals surface area contributed by atoms with Crippen LogP contribution in [-0.4, -0.2) is 13.0 Å². The zero-order chi connectivity index (χ0) is 8.97. The van der Waals surface area contributed by atoms with E-state index in [4.69, 9.17) is 0 Å². The first kappa shape index (κ1) is 11.9. The number of carbonyl (C=O) groups excluding carboxylic acids is 1. The minimum atomic E-state index is -0.110. The molecule has 0 aliphatic rings. The van der Waals surface area contributed by atoms with E-state index in [1.165, 1.54) is 0 Å². The molecule has 0 unspecified atom stereocenters. The van der Waals surface area contributed by atoms with E-state index in [0.717, 1.165) is 5.56 Å². The van der Waals surface area contributed by atoms with Crippen molar-refractivity contribution in [1.29, 1.82) is 0 Å². The van der Waals surface area contributed by atoms with Crippen molar-refractivity contribution >= 4 is 18.3 Å². The number of carbonyl (C=O) groups is 1. The van der Waals surface area contributed by atoms with Crippen LogP contribution in [-0.2, 0) is 0 Å². The van der Waals surface area contributed by atoms with Crippen LogP contribution < -0.4 is 10.9 Å². The second-order valence-electron chi connectivity index (χ2n) is 2.57. The molecule has 0 atom stereocenters. The van der Waals surface area contributed by atoms with Gasteiger partial charge in [-0.3, -0.25) is 10.2 Å². The summed E-state index contributed by atoms with van der Waals surface area (Å²) in [6.45, 7) is 1.95. The lowest BCUT2D eigenvalue weighted by atomic mass is 10.1. The highest BCUT2D eigenvalue weighted by Gasteiger charge is 2.01. The monoisotopic (exact) mass is 200 g/mol. The van der Waals surface area contributed by atoms with E-state index in [1.807, 2.05) is 25.1 Å². The van der Waals surface area contributed by atoms with E-state index < -0.39 is 0 Å². The van der Waals surface area contributed by atoms with Crippen molar-refractivity contribution in [3.05, 3.63) is 35.4 Å². The zero-order valence-corrected chi connectivity index (χ0v) is 8.44. The Hall–Kier alpha value is -1.06. The highest BCUT2D eigenvalue weighted by atomic mass is 35.5. The lowest BCUT2D eigenvalue weighted by molar-refractivity contribution is 0.0938. The predicted octanol–water partition coefficient (Wildman–Crippen LogP) is 1.28. The van der Waals surface area contributed by atoms with Crippen LogP contribution in [0, 0.1) is 6.92 Å². The lowest BCUT2D eigenvalue weighted by Crippen LogP contribution is -2.34. The number of benzene rings is 1. The molecule has 0 aromatic heterocycles. The van der Waals surface area contributed by atoms with Gasteiger partial charge in [-0.15, -0.1) is 12.4 Å². The van der Waals surface area contributed by atoms with E-state index in [-0.39, 0.29) is 18.3 Å². The number of hydrogen-bond donors (Lipinski definition) is 2. The van der Waals surface area contributed by atoms with Gasteiger partial charge in [0, 0.05) is 12.6 Å². The molecular weight excluding hydrogens is 188 g/mol. The third-order valence-electron chi connectivity index (χ3n) is 1.52. The van der Waals surface area contributed by atoms with Crippen LogP contribution in [0.5, 0.6) is 0 Å². The number of rotatable bonds is 2. The Balaban J connectivity index is 0.00000144. The van der Waals surface area contributed by atoms with E-state index in [0.29, 0.717) is 5.56 Å². The maximum Gasteiger partial charge on any atom is 0.265 e. The summed E-state index contributed by atoms with van der Waals surface area (Å²) >= 11 is 0. The van der Waals surface area contributed by atoms with Gasteiger partial charge in [-0.25, -0.2) is 5.43 Å². The summed E-state index contributed by atoms with van der Waals surface area (Å²) in [4.78, 5) is 11.2. The largest absolute Gasteiger partial charge is 0.288 e. The molecule has 0 fully saturated rings. The predicted molar refractivity (Wildman–Crippen MR) is 55.0 cm³/mol. The Bertz CT molecular complexity index is 289. The van der Waals surface area contributed by atoms with Crippen molar-refractivity contribution in [2.24, 2.45) is 0 Å². The number of hydrazine groups is 1. The number of amides is 1. The first-order valence-corrected chi connectivity index (χ1v) is 3.78. The summed E-state index contributed by atoms with van der Waals surface area (Å²) in [6, 6.07) is 7.43.